The molecule has 1 aromatic carbocycles. The van der Waals surface area contributed by atoms with Crippen LogP contribution in [0.1, 0.15) is 51.4 Å². The van der Waals surface area contributed by atoms with Gasteiger partial charge in [-0.05, 0) is 46.2 Å². The zero-order chi connectivity index (χ0) is 21.3. The molecule has 28 heavy (non-hydrogen) atoms. The van der Waals surface area contributed by atoms with Gasteiger partial charge >= 0.3 is 17.9 Å². The summed E-state index contributed by atoms with van der Waals surface area (Å²) in [5.41, 5.74) is 0.168. The summed E-state index contributed by atoms with van der Waals surface area (Å²) in [4.78, 5) is 36.6. The molecule has 7 nitrogen and oxygen atoms in total. The van der Waals surface area contributed by atoms with Crippen LogP contribution >= 0.6 is 11.6 Å². The molecular weight excluding hydrogens is 386 g/mol. The van der Waals surface area contributed by atoms with Crippen molar-refractivity contribution in [1.82, 2.24) is 0 Å². The van der Waals surface area contributed by atoms with Crippen LogP contribution in [0.5, 0.6) is 0 Å². The van der Waals surface area contributed by atoms with Gasteiger partial charge in [0.15, 0.2) is 5.57 Å². The van der Waals surface area contributed by atoms with E-state index in [4.69, 9.17) is 25.8 Å². The second-order valence-electron chi connectivity index (χ2n) is 6.41. The average Bonchev–Trinajstić information content (AvgIpc) is 2.59. The standard InChI is InChI=1S/C20H26ClNO6/c1-6-10-26-18(23)14-8-7-9-16(17(14)21)22-11-15(19(24)27-12(2)3)20(25)28-13(4)5/h7-9,11-13,22H,6,10H2,1-5H3. The molecule has 154 valence electrons. The fourth-order valence-electron chi connectivity index (χ4n) is 1.98. The summed E-state index contributed by atoms with van der Waals surface area (Å²) in [6, 6.07) is 4.72. The Hall–Kier alpha value is -2.54. The minimum atomic E-state index is -0.831. The molecule has 0 aromatic heterocycles. The fourth-order valence-corrected chi connectivity index (χ4v) is 2.24. The number of carbonyl (C=O) groups is 3. The van der Waals surface area contributed by atoms with Crippen molar-refractivity contribution in [2.24, 2.45) is 0 Å². The third-order valence-corrected chi connectivity index (χ3v) is 3.56. The second-order valence-corrected chi connectivity index (χ2v) is 6.79. The summed E-state index contributed by atoms with van der Waals surface area (Å²) >= 11 is 6.27. The van der Waals surface area contributed by atoms with Gasteiger partial charge in [0.05, 0.1) is 35.1 Å². The zero-order valence-electron chi connectivity index (χ0n) is 16.7. The maximum absolute atomic E-state index is 12.2. The van der Waals surface area contributed by atoms with Crippen LogP contribution in [-0.4, -0.2) is 36.7 Å². The molecule has 8 heteroatoms. The number of anilines is 1. The summed E-state index contributed by atoms with van der Waals surface area (Å²) in [5.74, 6) is -2.22. The number of nitrogens with one attached hydrogen (secondary N) is 1. The highest BCUT2D eigenvalue weighted by molar-refractivity contribution is 6.36. The molecule has 0 aliphatic carbocycles. The maximum Gasteiger partial charge on any atom is 0.347 e. The number of benzene rings is 1. The summed E-state index contributed by atoms with van der Waals surface area (Å²) < 4.78 is 15.3. The van der Waals surface area contributed by atoms with Crippen LogP contribution < -0.4 is 5.32 Å². The SMILES string of the molecule is CCCOC(=O)c1cccc(NC=C(C(=O)OC(C)C)C(=O)OC(C)C)c1Cl. The van der Waals surface area contributed by atoms with Crippen molar-refractivity contribution < 1.29 is 28.6 Å². The number of esters is 3. The zero-order valence-corrected chi connectivity index (χ0v) is 17.5. The summed E-state index contributed by atoms with van der Waals surface area (Å²) in [7, 11) is 0. The monoisotopic (exact) mass is 411 g/mol. The third-order valence-electron chi connectivity index (χ3n) is 3.15. The van der Waals surface area contributed by atoms with Crippen LogP contribution in [0.3, 0.4) is 0 Å². The highest BCUT2D eigenvalue weighted by Crippen LogP contribution is 2.27. The van der Waals surface area contributed by atoms with Crippen molar-refractivity contribution in [1.29, 1.82) is 0 Å². The van der Waals surface area contributed by atoms with Crippen molar-refractivity contribution in [2.75, 3.05) is 11.9 Å². The smallest absolute Gasteiger partial charge is 0.347 e. The quantitative estimate of drug-likeness (QED) is 0.215. The summed E-state index contributed by atoms with van der Waals surface area (Å²) in [6.07, 6.45) is 1.01. The van der Waals surface area contributed by atoms with Gasteiger partial charge in [-0.15, -0.1) is 0 Å². The first-order valence-electron chi connectivity index (χ1n) is 9.01. The van der Waals surface area contributed by atoms with Gasteiger partial charge in [-0.3, -0.25) is 0 Å². The third kappa shape index (κ3) is 7.23. The molecule has 0 aliphatic heterocycles. The molecule has 1 rings (SSSR count). The van der Waals surface area contributed by atoms with Gasteiger partial charge in [-0.2, -0.15) is 0 Å². The van der Waals surface area contributed by atoms with E-state index in [-0.39, 0.29) is 22.8 Å². The predicted molar refractivity (Wildman–Crippen MR) is 106 cm³/mol. The van der Waals surface area contributed by atoms with E-state index < -0.39 is 30.1 Å². The molecule has 0 atom stereocenters. The Bertz CT molecular complexity index is 718. The normalized spacial score (nSPS) is 10.4. The Morgan fingerprint density at radius 2 is 1.64 bits per heavy atom. The van der Waals surface area contributed by atoms with Crippen LogP contribution in [0.4, 0.5) is 5.69 Å². The molecule has 0 radical (unpaired) electrons. The molecule has 0 bridgehead atoms. The lowest BCUT2D eigenvalue weighted by Gasteiger charge is -2.14. The van der Waals surface area contributed by atoms with E-state index in [0.29, 0.717) is 12.1 Å². The van der Waals surface area contributed by atoms with Crippen LogP contribution in [-0.2, 0) is 23.8 Å². The van der Waals surface area contributed by atoms with Crippen molar-refractivity contribution in [3.05, 3.63) is 40.6 Å². The first-order valence-corrected chi connectivity index (χ1v) is 9.39. The van der Waals surface area contributed by atoms with Crippen LogP contribution in [0.25, 0.3) is 0 Å². The molecule has 0 saturated heterocycles. The number of rotatable bonds is 9. The van der Waals surface area contributed by atoms with Gasteiger partial charge < -0.3 is 19.5 Å². The topological polar surface area (TPSA) is 90.9 Å². The van der Waals surface area contributed by atoms with Gasteiger partial charge in [0, 0.05) is 6.20 Å². The van der Waals surface area contributed by atoms with Gasteiger partial charge in [-0.25, -0.2) is 14.4 Å². The van der Waals surface area contributed by atoms with E-state index in [1.807, 2.05) is 6.92 Å². The van der Waals surface area contributed by atoms with Gasteiger partial charge in [0.2, 0.25) is 0 Å². The first-order chi connectivity index (χ1) is 13.2. The first kappa shape index (κ1) is 23.5. The highest BCUT2D eigenvalue weighted by Gasteiger charge is 2.24. The number of hydrogen-bond donors (Lipinski definition) is 1. The average molecular weight is 412 g/mol. The fraction of sp³-hybridized carbons (Fsp3) is 0.450. The van der Waals surface area contributed by atoms with Crippen molar-refractivity contribution in [2.45, 2.75) is 53.2 Å². The van der Waals surface area contributed by atoms with E-state index in [2.05, 4.69) is 5.32 Å². The Balaban J connectivity index is 3.12. The largest absolute Gasteiger partial charge is 0.462 e. The van der Waals surface area contributed by atoms with Gasteiger partial charge in [0.1, 0.15) is 0 Å². The van der Waals surface area contributed by atoms with Gasteiger partial charge in [0.25, 0.3) is 0 Å². The van der Waals surface area contributed by atoms with Gasteiger partial charge in [-0.1, -0.05) is 24.6 Å². The number of ether oxygens (including phenoxy) is 3. The van der Waals surface area contributed by atoms with Crippen LogP contribution in [0.2, 0.25) is 5.02 Å². The minimum Gasteiger partial charge on any atom is -0.462 e. The lowest BCUT2D eigenvalue weighted by atomic mass is 10.2. The van der Waals surface area contributed by atoms with Crippen molar-refractivity contribution >= 4 is 35.2 Å². The maximum atomic E-state index is 12.2. The van der Waals surface area contributed by atoms with Crippen molar-refractivity contribution in [3.63, 3.8) is 0 Å². The molecule has 1 N–H and O–H groups in total. The minimum absolute atomic E-state index is 0.105. The number of carbonyl (C=O) groups excluding carboxylic acids is 3. The van der Waals surface area contributed by atoms with E-state index in [9.17, 15) is 14.4 Å². The predicted octanol–water partition coefficient (Wildman–Crippen LogP) is 4.11. The summed E-state index contributed by atoms with van der Waals surface area (Å²) in [5, 5.41) is 2.87. The van der Waals surface area contributed by atoms with Crippen molar-refractivity contribution in [3.8, 4) is 0 Å². The molecule has 0 spiro atoms. The molecule has 0 saturated carbocycles. The molecular formula is C20H26ClNO6. The number of halogens is 1. The molecule has 0 unspecified atom stereocenters. The Morgan fingerprint density at radius 3 is 2.14 bits per heavy atom. The molecule has 0 aliphatic rings. The summed E-state index contributed by atoms with van der Waals surface area (Å²) in [6.45, 7) is 8.82. The lowest BCUT2D eigenvalue weighted by Crippen LogP contribution is -2.24. The second kappa shape index (κ2) is 11.3. The molecule has 0 amide bonds. The Kier molecular flexibility index (Phi) is 9.51. The number of hydrogen-bond acceptors (Lipinski definition) is 7. The molecule has 1 aromatic rings. The van der Waals surface area contributed by atoms with E-state index >= 15 is 0 Å². The molecule has 0 heterocycles. The van der Waals surface area contributed by atoms with E-state index in [1.165, 1.54) is 6.07 Å². The molecule has 0 fully saturated rings. The van der Waals surface area contributed by atoms with Crippen LogP contribution in [0, 0.1) is 0 Å². The van der Waals surface area contributed by atoms with E-state index in [1.54, 1.807) is 39.8 Å². The lowest BCUT2D eigenvalue weighted by molar-refractivity contribution is -0.150. The Morgan fingerprint density at radius 1 is 1.07 bits per heavy atom. The highest BCUT2D eigenvalue weighted by atomic mass is 35.5. The van der Waals surface area contributed by atoms with Crippen LogP contribution in [0.15, 0.2) is 30.0 Å². The Labute approximate surface area is 170 Å². The van der Waals surface area contributed by atoms with E-state index in [0.717, 1.165) is 6.20 Å².